The minimum absolute atomic E-state index is 0.308. The second kappa shape index (κ2) is 7.20. The van der Waals surface area contributed by atoms with Crippen LogP contribution in [0.15, 0.2) is 57.7 Å². The lowest BCUT2D eigenvalue weighted by Gasteiger charge is -2.18. The smallest absolute Gasteiger partial charge is 0.336 e. The Morgan fingerprint density at radius 3 is 2.54 bits per heavy atom. The highest BCUT2D eigenvalue weighted by molar-refractivity contribution is 6.31. The van der Waals surface area contributed by atoms with E-state index in [1.165, 1.54) is 0 Å². The number of rotatable bonds is 5. The van der Waals surface area contributed by atoms with Crippen LogP contribution in [-0.4, -0.2) is 11.9 Å². The standard InChI is InChI=1S/C20H20ClNO2/c1-3-14-8-9-17-16(11-20(23)24-19(17)10-14)13-22(2)12-15-6-4-5-7-18(15)21/h4-11H,3,12-13H2,1-2H3. The lowest BCUT2D eigenvalue weighted by atomic mass is 10.1. The number of fused-ring (bicyclic) bond motifs is 1. The van der Waals surface area contributed by atoms with Crippen molar-refractivity contribution in [1.82, 2.24) is 4.90 Å². The van der Waals surface area contributed by atoms with E-state index in [-0.39, 0.29) is 5.63 Å². The van der Waals surface area contributed by atoms with E-state index >= 15 is 0 Å². The summed E-state index contributed by atoms with van der Waals surface area (Å²) in [4.78, 5) is 14.0. The van der Waals surface area contributed by atoms with Crippen LogP contribution in [0, 0.1) is 0 Å². The van der Waals surface area contributed by atoms with Gasteiger partial charge in [0.15, 0.2) is 0 Å². The second-order valence-electron chi connectivity index (χ2n) is 6.04. The fourth-order valence-corrected chi connectivity index (χ4v) is 3.08. The maximum absolute atomic E-state index is 11.9. The summed E-state index contributed by atoms with van der Waals surface area (Å²) in [6.07, 6.45) is 0.913. The average molecular weight is 342 g/mol. The highest BCUT2D eigenvalue weighted by atomic mass is 35.5. The van der Waals surface area contributed by atoms with Crippen LogP contribution in [-0.2, 0) is 19.5 Å². The molecule has 24 heavy (non-hydrogen) atoms. The van der Waals surface area contributed by atoms with E-state index in [1.54, 1.807) is 6.07 Å². The molecule has 0 aliphatic rings. The molecule has 2 aromatic carbocycles. The van der Waals surface area contributed by atoms with Gasteiger partial charge in [-0.15, -0.1) is 0 Å². The average Bonchev–Trinajstić information content (AvgIpc) is 2.56. The number of benzene rings is 2. The van der Waals surface area contributed by atoms with Crippen molar-refractivity contribution in [3.05, 3.63) is 80.7 Å². The Kier molecular flexibility index (Phi) is 5.03. The molecule has 1 heterocycles. The lowest BCUT2D eigenvalue weighted by Crippen LogP contribution is -2.18. The highest BCUT2D eigenvalue weighted by Gasteiger charge is 2.10. The van der Waals surface area contributed by atoms with Gasteiger partial charge in [-0.05, 0) is 42.3 Å². The fourth-order valence-electron chi connectivity index (χ4n) is 2.89. The molecular formula is C20H20ClNO2. The monoisotopic (exact) mass is 341 g/mol. The van der Waals surface area contributed by atoms with Crippen LogP contribution < -0.4 is 5.63 Å². The number of hydrogen-bond acceptors (Lipinski definition) is 3. The van der Waals surface area contributed by atoms with Crippen LogP contribution in [0.4, 0.5) is 0 Å². The zero-order chi connectivity index (χ0) is 17.1. The quantitative estimate of drug-likeness (QED) is 0.634. The fraction of sp³-hybridized carbons (Fsp3) is 0.250. The molecule has 3 nitrogen and oxygen atoms in total. The van der Waals surface area contributed by atoms with Crippen molar-refractivity contribution in [2.45, 2.75) is 26.4 Å². The van der Waals surface area contributed by atoms with E-state index in [0.29, 0.717) is 18.7 Å². The maximum atomic E-state index is 11.9. The van der Waals surface area contributed by atoms with E-state index in [1.807, 2.05) is 43.4 Å². The van der Waals surface area contributed by atoms with Crippen molar-refractivity contribution in [2.75, 3.05) is 7.05 Å². The molecule has 3 rings (SSSR count). The Morgan fingerprint density at radius 1 is 1.04 bits per heavy atom. The van der Waals surface area contributed by atoms with Crippen molar-refractivity contribution in [3.8, 4) is 0 Å². The Balaban J connectivity index is 1.89. The minimum atomic E-state index is -0.308. The summed E-state index contributed by atoms with van der Waals surface area (Å²) >= 11 is 6.23. The predicted octanol–water partition coefficient (Wildman–Crippen LogP) is 4.64. The summed E-state index contributed by atoms with van der Waals surface area (Å²) in [5.41, 5.74) is 3.55. The lowest BCUT2D eigenvalue weighted by molar-refractivity contribution is 0.319. The van der Waals surface area contributed by atoms with Gasteiger partial charge in [0.25, 0.3) is 0 Å². The third-order valence-electron chi connectivity index (χ3n) is 4.14. The molecule has 124 valence electrons. The molecule has 0 amide bonds. The van der Waals surface area contributed by atoms with Crippen molar-refractivity contribution in [3.63, 3.8) is 0 Å². The molecule has 0 saturated heterocycles. The zero-order valence-corrected chi connectivity index (χ0v) is 14.6. The van der Waals surface area contributed by atoms with Gasteiger partial charge in [0, 0.05) is 29.6 Å². The Hall–Kier alpha value is -2.10. The molecule has 0 aliphatic carbocycles. The molecule has 4 heteroatoms. The van der Waals surface area contributed by atoms with E-state index in [2.05, 4.69) is 17.9 Å². The van der Waals surface area contributed by atoms with Gasteiger partial charge in [-0.25, -0.2) is 4.79 Å². The largest absolute Gasteiger partial charge is 0.423 e. The van der Waals surface area contributed by atoms with Gasteiger partial charge in [0.05, 0.1) is 0 Å². The molecule has 0 atom stereocenters. The van der Waals surface area contributed by atoms with Crippen molar-refractivity contribution < 1.29 is 4.42 Å². The summed E-state index contributed by atoms with van der Waals surface area (Å²) in [6.45, 7) is 3.45. The molecule has 3 aromatic rings. The van der Waals surface area contributed by atoms with E-state index in [9.17, 15) is 4.79 Å². The Morgan fingerprint density at radius 2 is 1.79 bits per heavy atom. The predicted molar refractivity (Wildman–Crippen MR) is 98.5 cm³/mol. The number of hydrogen-bond donors (Lipinski definition) is 0. The first-order valence-corrected chi connectivity index (χ1v) is 8.42. The Labute approximate surface area is 146 Å². The highest BCUT2D eigenvalue weighted by Crippen LogP contribution is 2.22. The molecule has 0 aliphatic heterocycles. The topological polar surface area (TPSA) is 33.5 Å². The number of aryl methyl sites for hydroxylation is 1. The van der Waals surface area contributed by atoms with Gasteiger partial charge >= 0.3 is 5.63 Å². The molecule has 0 saturated carbocycles. The first-order chi connectivity index (χ1) is 11.6. The van der Waals surface area contributed by atoms with E-state index in [4.69, 9.17) is 16.0 Å². The molecule has 0 bridgehead atoms. The minimum Gasteiger partial charge on any atom is -0.423 e. The summed E-state index contributed by atoms with van der Waals surface area (Å²) in [5, 5.41) is 1.74. The van der Waals surface area contributed by atoms with Crippen molar-refractivity contribution in [2.24, 2.45) is 0 Å². The third kappa shape index (κ3) is 3.69. The molecule has 0 unspecified atom stereocenters. The van der Waals surface area contributed by atoms with Gasteiger partial charge in [-0.1, -0.05) is 48.9 Å². The van der Waals surface area contributed by atoms with E-state index < -0.39 is 0 Å². The van der Waals surface area contributed by atoms with Crippen LogP contribution >= 0.6 is 11.6 Å². The second-order valence-corrected chi connectivity index (χ2v) is 6.45. The summed E-state index contributed by atoms with van der Waals surface area (Å²) in [6, 6.07) is 15.5. The van der Waals surface area contributed by atoms with Gasteiger partial charge in [-0.3, -0.25) is 4.90 Å². The molecule has 0 fully saturated rings. The van der Waals surface area contributed by atoms with Crippen LogP contribution in [0.1, 0.15) is 23.6 Å². The normalized spacial score (nSPS) is 11.3. The van der Waals surface area contributed by atoms with Crippen LogP contribution in [0.25, 0.3) is 11.0 Å². The SMILES string of the molecule is CCc1ccc2c(CN(C)Cc3ccccc3Cl)cc(=O)oc2c1. The molecule has 1 aromatic heterocycles. The summed E-state index contributed by atoms with van der Waals surface area (Å²) in [5.74, 6) is 0. The first-order valence-electron chi connectivity index (χ1n) is 8.04. The number of halogens is 1. The molecule has 0 spiro atoms. The first kappa shape index (κ1) is 16.7. The summed E-state index contributed by atoms with van der Waals surface area (Å²) in [7, 11) is 2.02. The van der Waals surface area contributed by atoms with Gasteiger partial charge in [0.2, 0.25) is 0 Å². The van der Waals surface area contributed by atoms with Crippen molar-refractivity contribution in [1.29, 1.82) is 0 Å². The molecular weight excluding hydrogens is 322 g/mol. The van der Waals surface area contributed by atoms with Gasteiger partial charge in [-0.2, -0.15) is 0 Å². The Bertz CT molecular complexity index is 917. The third-order valence-corrected chi connectivity index (χ3v) is 4.51. The molecule has 0 radical (unpaired) electrons. The van der Waals surface area contributed by atoms with E-state index in [0.717, 1.165) is 33.5 Å². The number of nitrogens with zero attached hydrogens (tertiary/aromatic N) is 1. The van der Waals surface area contributed by atoms with Gasteiger partial charge < -0.3 is 4.42 Å². The van der Waals surface area contributed by atoms with Crippen LogP contribution in [0.2, 0.25) is 5.02 Å². The van der Waals surface area contributed by atoms with Crippen LogP contribution in [0.3, 0.4) is 0 Å². The molecule has 0 N–H and O–H groups in total. The van der Waals surface area contributed by atoms with Crippen LogP contribution in [0.5, 0.6) is 0 Å². The zero-order valence-electron chi connectivity index (χ0n) is 13.9. The maximum Gasteiger partial charge on any atom is 0.336 e. The summed E-state index contributed by atoms with van der Waals surface area (Å²) < 4.78 is 5.37. The van der Waals surface area contributed by atoms with Crippen molar-refractivity contribution >= 4 is 22.6 Å². The van der Waals surface area contributed by atoms with Gasteiger partial charge in [0.1, 0.15) is 5.58 Å².